The van der Waals surface area contributed by atoms with Crippen molar-refractivity contribution in [3.05, 3.63) is 0 Å². The molecule has 0 spiro atoms. The average molecular weight is 185 g/mol. The highest BCUT2D eigenvalue weighted by Gasteiger charge is 2.12. The van der Waals surface area contributed by atoms with Gasteiger partial charge in [-0.05, 0) is 11.6 Å². The van der Waals surface area contributed by atoms with Gasteiger partial charge in [0.15, 0.2) is 0 Å². The summed E-state index contributed by atoms with van der Waals surface area (Å²) < 4.78 is 0. The normalized spacial score (nSPS) is 17.9. The summed E-state index contributed by atoms with van der Waals surface area (Å²) in [5.41, 5.74) is 0. The van der Waals surface area contributed by atoms with Crippen LogP contribution in [0.5, 0.6) is 0 Å². The topological polar surface area (TPSA) is 32.3 Å². The van der Waals surface area contributed by atoms with E-state index in [0.717, 1.165) is 26.2 Å². The molecule has 1 N–H and O–H groups in total. The zero-order valence-electron chi connectivity index (χ0n) is 5.47. The van der Waals surface area contributed by atoms with Crippen LogP contribution in [0.1, 0.15) is 0 Å². The highest BCUT2D eigenvalue weighted by Crippen LogP contribution is 1.96. The molecular formula is C5H10Cl2N2O. The summed E-state index contributed by atoms with van der Waals surface area (Å²) in [7, 11) is 0. The predicted octanol–water partition coefficient (Wildman–Crippen LogP) is 0.672. The highest BCUT2D eigenvalue weighted by molar-refractivity contribution is 6.62. The van der Waals surface area contributed by atoms with Crippen LogP contribution in [0, 0.1) is 0 Å². The molecule has 0 saturated carbocycles. The zero-order valence-corrected chi connectivity index (χ0v) is 7.04. The van der Waals surface area contributed by atoms with Crippen LogP contribution in [0.3, 0.4) is 0 Å². The number of hydrogen-bond acceptors (Lipinski definition) is 2. The second kappa shape index (κ2) is 4.77. The number of hydrogen-bond donors (Lipinski definition) is 1. The van der Waals surface area contributed by atoms with Gasteiger partial charge in [-0.2, -0.15) is 0 Å². The lowest BCUT2D eigenvalue weighted by Crippen LogP contribution is -2.44. The van der Waals surface area contributed by atoms with Crippen molar-refractivity contribution >= 4 is 29.4 Å². The van der Waals surface area contributed by atoms with Crippen LogP contribution in [0.15, 0.2) is 0 Å². The summed E-state index contributed by atoms with van der Waals surface area (Å²) in [6.07, 6.45) is 0. The number of nitrogens with zero attached hydrogens (tertiary/aromatic N) is 1. The van der Waals surface area contributed by atoms with Gasteiger partial charge < -0.3 is 10.2 Å². The molecule has 1 aliphatic rings. The van der Waals surface area contributed by atoms with Crippen molar-refractivity contribution in [3.8, 4) is 0 Å². The Morgan fingerprint density at radius 3 is 2.20 bits per heavy atom. The van der Waals surface area contributed by atoms with Crippen molar-refractivity contribution in [3.63, 3.8) is 0 Å². The summed E-state index contributed by atoms with van der Waals surface area (Å²) >= 11 is 5.22. The molecule has 0 radical (unpaired) electrons. The van der Waals surface area contributed by atoms with E-state index in [9.17, 15) is 4.79 Å². The third kappa shape index (κ3) is 2.73. The molecular weight excluding hydrogens is 175 g/mol. The van der Waals surface area contributed by atoms with E-state index in [1.165, 1.54) is 0 Å². The maximum absolute atomic E-state index is 10.5. The van der Waals surface area contributed by atoms with E-state index in [-0.39, 0.29) is 17.8 Å². The first-order chi connectivity index (χ1) is 4.30. The number of piperazine rings is 1. The summed E-state index contributed by atoms with van der Waals surface area (Å²) in [5, 5.41) is 2.78. The number of rotatable bonds is 0. The molecule has 0 aromatic heterocycles. The van der Waals surface area contributed by atoms with Gasteiger partial charge in [-0.25, -0.2) is 0 Å². The van der Waals surface area contributed by atoms with Crippen molar-refractivity contribution in [1.29, 1.82) is 0 Å². The van der Waals surface area contributed by atoms with Crippen LogP contribution in [0.25, 0.3) is 0 Å². The smallest absolute Gasteiger partial charge is 0.316 e. The highest BCUT2D eigenvalue weighted by atomic mass is 35.5. The molecule has 0 atom stereocenters. The molecule has 1 saturated heterocycles. The Labute approximate surface area is 71.1 Å². The molecule has 1 rings (SSSR count). The van der Waals surface area contributed by atoms with Crippen molar-refractivity contribution in [2.24, 2.45) is 0 Å². The van der Waals surface area contributed by atoms with Gasteiger partial charge in [0.1, 0.15) is 0 Å². The second-order valence-electron chi connectivity index (χ2n) is 1.99. The van der Waals surface area contributed by atoms with E-state index in [1.807, 2.05) is 0 Å². The van der Waals surface area contributed by atoms with E-state index < -0.39 is 0 Å². The Hall–Kier alpha value is 0.01000. The Morgan fingerprint density at radius 2 is 1.90 bits per heavy atom. The number of nitrogens with one attached hydrogen (secondary N) is 1. The number of halogens is 2. The van der Waals surface area contributed by atoms with Crippen molar-refractivity contribution in [2.75, 3.05) is 26.2 Å². The van der Waals surface area contributed by atoms with Crippen LogP contribution in [0.4, 0.5) is 4.79 Å². The largest absolute Gasteiger partial charge is 0.327 e. The molecule has 0 unspecified atom stereocenters. The van der Waals surface area contributed by atoms with Crippen molar-refractivity contribution < 1.29 is 4.79 Å². The molecule has 0 bridgehead atoms. The molecule has 3 nitrogen and oxygen atoms in total. The maximum Gasteiger partial charge on any atom is 0.316 e. The van der Waals surface area contributed by atoms with Crippen LogP contribution in [-0.2, 0) is 0 Å². The van der Waals surface area contributed by atoms with Crippen LogP contribution in [0.2, 0.25) is 0 Å². The van der Waals surface area contributed by atoms with Gasteiger partial charge in [0.05, 0.1) is 0 Å². The molecule has 1 heterocycles. The average Bonchev–Trinajstić information content (AvgIpc) is 1.90. The monoisotopic (exact) mass is 184 g/mol. The number of amides is 1. The fourth-order valence-corrected chi connectivity index (χ4v) is 1.01. The van der Waals surface area contributed by atoms with E-state index in [2.05, 4.69) is 5.32 Å². The molecule has 1 amide bonds. The molecule has 0 aliphatic carbocycles. The first-order valence-corrected chi connectivity index (χ1v) is 3.33. The second-order valence-corrected chi connectivity index (χ2v) is 2.31. The van der Waals surface area contributed by atoms with Gasteiger partial charge >= 0.3 is 5.37 Å². The van der Waals surface area contributed by atoms with Gasteiger partial charge in [-0.3, -0.25) is 4.79 Å². The van der Waals surface area contributed by atoms with Crippen LogP contribution >= 0.6 is 24.0 Å². The summed E-state index contributed by atoms with van der Waals surface area (Å²) in [6.45, 7) is 3.20. The van der Waals surface area contributed by atoms with Crippen LogP contribution < -0.4 is 5.32 Å². The Morgan fingerprint density at radius 1 is 1.40 bits per heavy atom. The standard InChI is InChI=1S/C5H9ClN2O.ClH/c6-5(9)8-3-1-7-2-4-8;/h7H,1-4H2;1H. The minimum absolute atomic E-state index is 0. The fourth-order valence-electron chi connectivity index (χ4n) is 0.841. The lowest BCUT2D eigenvalue weighted by molar-refractivity contribution is 0.214. The third-order valence-electron chi connectivity index (χ3n) is 1.37. The minimum atomic E-state index is -0.337. The molecule has 1 fully saturated rings. The molecule has 5 heteroatoms. The molecule has 60 valence electrons. The number of carbonyl (C=O) groups excluding carboxylic acids is 1. The lowest BCUT2D eigenvalue weighted by Gasteiger charge is -2.24. The number of carbonyl (C=O) groups is 1. The molecule has 0 aromatic rings. The van der Waals surface area contributed by atoms with Gasteiger partial charge in [0.25, 0.3) is 0 Å². The summed E-state index contributed by atoms with van der Waals surface area (Å²) in [5.74, 6) is 0. The van der Waals surface area contributed by atoms with Crippen molar-refractivity contribution in [2.45, 2.75) is 0 Å². The molecule has 0 aromatic carbocycles. The zero-order chi connectivity index (χ0) is 6.69. The van der Waals surface area contributed by atoms with E-state index >= 15 is 0 Å². The summed E-state index contributed by atoms with van der Waals surface area (Å²) in [6, 6.07) is 0. The van der Waals surface area contributed by atoms with Crippen LogP contribution in [-0.4, -0.2) is 36.4 Å². The Bertz CT molecular complexity index is 114. The first-order valence-electron chi connectivity index (χ1n) is 2.96. The maximum atomic E-state index is 10.5. The van der Waals surface area contributed by atoms with Crippen molar-refractivity contribution in [1.82, 2.24) is 10.2 Å². The predicted molar refractivity (Wildman–Crippen MR) is 42.9 cm³/mol. The van der Waals surface area contributed by atoms with E-state index in [4.69, 9.17) is 11.6 Å². The van der Waals surface area contributed by atoms with Gasteiger partial charge in [-0.1, -0.05) is 0 Å². The first kappa shape index (κ1) is 10.0. The van der Waals surface area contributed by atoms with E-state index in [1.54, 1.807) is 4.90 Å². The third-order valence-corrected chi connectivity index (χ3v) is 1.60. The Balaban J connectivity index is 0.000000810. The SMILES string of the molecule is Cl.O=C(Cl)N1CCNCC1. The molecule has 10 heavy (non-hydrogen) atoms. The van der Waals surface area contributed by atoms with Gasteiger partial charge in [0.2, 0.25) is 0 Å². The fraction of sp³-hybridized carbons (Fsp3) is 0.800. The Kier molecular flexibility index (Phi) is 4.77. The lowest BCUT2D eigenvalue weighted by atomic mass is 10.4. The van der Waals surface area contributed by atoms with Gasteiger partial charge in [0, 0.05) is 26.2 Å². The molecule has 1 aliphatic heterocycles. The van der Waals surface area contributed by atoms with E-state index in [0.29, 0.717) is 0 Å². The quantitative estimate of drug-likeness (QED) is 0.444. The minimum Gasteiger partial charge on any atom is -0.327 e. The van der Waals surface area contributed by atoms with Gasteiger partial charge in [-0.15, -0.1) is 12.4 Å². The summed E-state index contributed by atoms with van der Waals surface area (Å²) in [4.78, 5) is 12.1.